The predicted molar refractivity (Wildman–Crippen MR) is 120 cm³/mol. The van der Waals surface area contributed by atoms with E-state index in [0.717, 1.165) is 22.2 Å². The maximum atomic E-state index is 13.2. The molecule has 1 amide bonds. The van der Waals surface area contributed by atoms with Crippen LogP contribution < -0.4 is 19.5 Å². The third-order valence-electron chi connectivity index (χ3n) is 4.93. The predicted octanol–water partition coefficient (Wildman–Crippen LogP) is 5.42. The molecule has 0 unspecified atom stereocenters. The fourth-order valence-corrected chi connectivity index (χ4v) is 3.70. The molecule has 6 nitrogen and oxygen atoms in total. The van der Waals surface area contributed by atoms with Gasteiger partial charge in [-0.3, -0.25) is 4.79 Å². The average molecular weight is 411 g/mol. The summed E-state index contributed by atoms with van der Waals surface area (Å²) in [5, 5.41) is 4.04. The van der Waals surface area contributed by atoms with Gasteiger partial charge in [0.25, 0.3) is 5.91 Å². The average Bonchev–Trinajstić information content (AvgIpc) is 3.02. The lowest BCUT2D eigenvalue weighted by Gasteiger charge is -2.14. The molecule has 0 atom stereocenters. The highest BCUT2D eigenvalue weighted by Crippen LogP contribution is 2.32. The van der Waals surface area contributed by atoms with Crippen LogP contribution in [0.2, 0.25) is 0 Å². The van der Waals surface area contributed by atoms with Crippen LogP contribution in [0.15, 0.2) is 36.4 Å². The van der Waals surface area contributed by atoms with E-state index in [1.165, 1.54) is 0 Å². The van der Waals surface area contributed by atoms with Crippen LogP contribution in [0.3, 0.4) is 0 Å². The molecule has 1 heterocycles. The molecule has 30 heavy (non-hydrogen) atoms. The van der Waals surface area contributed by atoms with Crippen LogP contribution in [-0.2, 0) is 6.54 Å². The van der Waals surface area contributed by atoms with Crippen molar-refractivity contribution in [3.8, 4) is 17.2 Å². The lowest BCUT2D eigenvalue weighted by Crippen LogP contribution is -2.18. The maximum absolute atomic E-state index is 13.2. The van der Waals surface area contributed by atoms with Gasteiger partial charge in [-0.1, -0.05) is 0 Å². The van der Waals surface area contributed by atoms with E-state index in [1.54, 1.807) is 6.07 Å². The summed E-state index contributed by atoms with van der Waals surface area (Å²) in [6.45, 7) is 12.2. The second kappa shape index (κ2) is 9.57. The minimum absolute atomic E-state index is 0.157. The van der Waals surface area contributed by atoms with Gasteiger partial charge in [-0.05, 0) is 70.5 Å². The summed E-state index contributed by atoms with van der Waals surface area (Å²) in [5.41, 5.74) is 3.26. The van der Waals surface area contributed by atoms with Crippen molar-refractivity contribution in [2.24, 2.45) is 0 Å². The first-order valence-corrected chi connectivity index (χ1v) is 10.5. The van der Waals surface area contributed by atoms with Gasteiger partial charge in [-0.15, -0.1) is 0 Å². The van der Waals surface area contributed by atoms with E-state index in [-0.39, 0.29) is 5.91 Å². The second-order valence-corrected chi connectivity index (χ2v) is 6.81. The van der Waals surface area contributed by atoms with Gasteiger partial charge < -0.3 is 24.1 Å². The first-order valence-electron chi connectivity index (χ1n) is 10.5. The Hall–Kier alpha value is -3.15. The molecule has 2 aromatic carbocycles. The number of rotatable bonds is 9. The number of carbonyl (C=O) groups excluding carboxylic acids is 1. The third-order valence-corrected chi connectivity index (χ3v) is 4.93. The zero-order chi connectivity index (χ0) is 21.7. The molecule has 1 N–H and O–H groups in total. The number of aromatic nitrogens is 1. The number of hydrogen-bond acceptors (Lipinski definition) is 4. The van der Waals surface area contributed by atoms with Crippen molar-refractivity contribution >= 4 is 22.5 Å². The molecule has 0 aliphatic carbocycles. The van der Waals surface area contributed by atoms with Gasteiger partial charge >= 0.3 is 0 Å². The summed E-state index contributed by atoms with van der Waals surface area (Å²) < 4.78 is 19.0. The molecule has 3 rings (SSSR count). The molecule has 0 spiro atoms. The molecule has 0 radical (unpaired) electrons. The quantitative estimate of drug-likeness (QED) is 0.512. The van der Waals surface area contributed by atoms with E-state index in [0.29, 0.717) is 49.2 Å². The summed E-state index contributed by atoms with van der Waals surface area (Å²) in [6, 6.07) is 11.4. The minimum Gasteiger partial charge on any atom is -0.494 e. The van der Waals surface area contributed by atoms with Crippen molar-refractivity contribution in [3.63, 3.8) is 0 Å². The largest absolute Gasteiger partial charge is 0.494 e. The van der Waals surface area contributed by atoms with Crippen LogP contribution in [0.1, 0.15) is 43.7 Å². The molecule has 3 aromatic rings. The summed E-state index contributed by atoms with van der Waals surface area (Å²) >= 11 is 0. The number of anilines is 1. The Labute approximate surface area is 177 Å². The van der Waals surface area contributed by atoms with Gasteiger partial charge in [0.05, 0.1) is 19.8 Å². The fourth-order valence-electron chi connectivity index (χ4n) is 3.70. The van der Waals surface area contributed by atoms with E-state index in [4.69, 9.17) is 14.2 Å². The molecular weight excluding hydrogens is 380 g/mol. The Morgan fingerprint density at radius 2 is 1.60 bits per heavy atom. The van der Waals surface area contributed by atoms with Crippen LogP contribution in [0.5, 0.6) is 17.2 Å². The van der Waals surface area contributed by atoms with Crippen molar-refractivity contribution in [2.75, 3.05) is 25.1 Å². The maximum Gasteiger partial charge on any atom is 0.272 e. The van der Waals surface area contributed by atoms with Crippen molar-refractivity contribution in [1.82, 2.24) is 4.57 Å². The van der Waals surface area contributed by atoms with Crippen LogP contribution >= 0.6 is 0 Å². The number of aryl methyl sites for hydroxylation is 2. The van der Waals surface area contributed by atoms with E-state index in [9.17, 15) is 4.79 Å². The van der Waals surface area contributed by atoms with Crippen molar-refractivity contribution in [1.29, 1.82) is 0 Å². The summed E-state index contributed by atoms with van der Waals surface area (Å²) in [4.78, 5) is 13.2. The van der Waals surface area contributed by atoms with Crippen LogP contribution in [-0.4, -0.2) is 30.3 Å². The topological polar surface area (TPSA) is 61.7 Å². The molecule has 0 saturated heterocycles. The van der Waals surface area contributed by atoms with E-state index in [2.05, 4.69) is 5.32 Å². The Balaban J connectivity index is 1.97. The first-order chi connectivity index (χ1) is 14.5. The minimum atomic E-state index is -0.157. The molecule has 0 bridgehead atoms. The SMILES string of the molecule is CCOc1ccc2c(c1)c(C)c(C(=O)Nc1ccc(OCC)c(OCC)c1)n2CC. The third kappa shape index (κ3) is 4.22. The molecule has 6 heteroatoms. The fraction of sp³-hybridized carbons (Fsp3) is 0.375. The molecule has 1 aromatic heterocycles. The summed E-state index contributed by atoms with van der Waals surface area (Å²) in [7, 11) is 0. The lowest BCUT2D eigenvalue weighted by molar-refractivity contribution is 0.101. The number of fused-ring (bicyclic) bond motifs is 1. The molecule has 0 aliphatic heterocycles. The summed E-state index contributed by atoms with van der Waals surface area (Å²) in [6.07, 6.45) is 0. The Morgan fingerprint density at radius 3 is 2.27 bits per heavy atom. The van der Waals surface area contributed by atoms with Gasteiger partial charge in [0.2, 0.25) is 0 Å². The van der Waals surface area contributed by atoms with Gasteiger partial charge in [-0.2, -0.15) is 0 Å². The Bertz CT molecular complexity index is 1040. The van der Waals surface area contributed by atoms with Gasteiger partial charge in [-0.25, -0.2) is 0 Å². The van der Waals surface area contributed by atoms with E-state index in [1.807, 2.05) is 69.5 Å². The number of amides is 1. The van der Waals surface area contributed by atoms with Gasteiger partial charge in [0.1, 0.15) is 11.4 Å². The van der Waals surface area contributed by atoms with Crippen LogP contribution in [0.25, 0.3) is 10.9 Å². The highest BCUT2D eigenvalue weighted by atomic mass is 16.5. The zero-order valence-corrected chi connectivity index (χ0v) is 18.4. The van der Waals surface area contributed by atoms with Gasteiger partial charge in [0.15, 0.2) is 11.5 Å². The first kappa shape index (κ1) is 21.6. The monoisotopic (exact) mass is 410 g/mol. The second-order valence-electron chi connectivity index (χ2n) is 6.81. The van der Waals surface area contributed by atoms with Crippen molar-refractivity contribution < 1.29 is 19.0 Å². The number of nitrogens with one attached hydrogen (secondary N) is 1. The van der Waals surface area contributed by atoms with Gasteiger partial charge in [0, 0.05) is 29.2 Å². The number of hydrogen-bond donors (Lipinski definition) is 1. The highest BCUT2D eigenvalue weighted by molar-refractivity contribution is 6.08. The van der Waals surface area contributed by atoms with Crippen molar-refractivity contribution in [3.05, 3.63) is 47.7 Å². The lowest BCUT2D eigenvalue weighted by atomic mass is 10.1. The standard InChI is InChI=1S/C24H30N2O4/c1-6-26-20-12-11-18(28-7-2)15-19(20)16(5)23(26)24(27)25-17-10-13-21(29-8-3)22(14-17)30-9-4/h10-15H,6-9H2,1-5H3,(H,25,27). The van der Waals surface area contributed by atoms with E-state index >= 15 is 0 Å². The number of ether oxygens (including phenoxy) is 3. The molecule has 0 saturated carbocycles. The zero-order valence-electron chi connectivity index (χ0n) is 18.4. The van der Waals surface area contributed by atoms with Crippen LogP contribution in [0, 0.1) is 6.92 Å². The summed E-state index contributed by atoms with van der Waals surface area (Å²) in [5.74, 6) is 1.93. The Kier molecular flexibility index (Phi) is 6.87. The molecule has 0 aliphatic rings. The van der Waals surface area contributed by atoms with Crippen LogP contribution in [0.4, 0.5) is 5.69 Å². The molecular formula is C24H30N2O4. The molecule has 0 fully saturated rings. The Morgan fingerprint density at radius 1 is 0.900 bits per heavy atom. The highest BCUT2D eigenvalue weighted by Gasteiger charge is 2.20. The van der Waals surface area contributed by atoms with E-state index < -0.39 is 0 Å². The molecule has 160 valence electrons. The normalized spacial score (nSPS) is 10.8. The number of carbonyl (C=O) groups is 1. The number of nitrogens with zero attached hydrogens (tertiary/aromatic N) is 1. The van der Waals surface area contributed by atoms with Crippen molar-refractivity contribution in [2.45, 2.75) is 41.2 Å². The number of benzene rings is 2. The smallest absolute Gasteiger partial charge is 0.272 e.